The first-order valence-electron chi connectivity index (χ1n) is 16.9. The number of rotatable bonds is 10. The van der Waals surface area contributed by atoms with Crippen LogP contribution in [0.5, 0.6) is 11.5 Å². The number of esters is 1. The van der Waals surface area contributed by atoms with Gasteiger partial charge < -0.3 is 9.47 Å². The molecule has 0 bridgehead atoms. The predicted octanol–water partition coefficient (Wildman–Crippen LogP) is 11.4. The van der Waals surface area contributed by atoms with Gasteiger partial charge in [-0.3, -0.25) is 4.79 Å². The molecular weight excluding hydrogens is 629 g/mol. The second-order valence-electron chi connectivity index (χ2n) is 12.5. The van der Waals surface area contributed by atoms with Gasteiger partial charge in [0.25, 0.3) is 0 Å². The summed E-state index contributed by atoms with van der Waals surface area (Å²) in [7, 11) is 1.70. The Bertz CT molecular complexity index is 2290. The molecule has 0 unspecified atom stereocenters. The fraction of sp³-hybridized carbons (Fsp3) is 0.0638. The Morgan fingerprint density at radius 2 is 0.863 bits per heavy atom. The van der Waals surface area contributed by atoms with Crippen LogP contribution in [0, 0.1) is 0 Å². The van der Waals surface area contributed by atoms with E-state index >= 15 is 0 Å². The zero-order valence-corrected chi connectivity index (χ0v) is 28.5. The maximum atomic E-state index is 13.3. The van der Waals surface area contributed by atoms with E-state index in [1.807, 2.05) is 54.6 Å². The Hall–Kier alpha value is -6.52. The number of hydrogen-bond donors (Lipinski definition) is 0. The summed E-state index contributed by atoms with van der Waals surface area (Å²) >= 11 is 0. The normalized spacial score (nSPS) is 10.8. The largest absolute Gasteiger partial charge is 0.496 e. The lowest BCUT2D eigenvalue weighted by atomic mass is 9.94. The summed E-state index contributed by atoms with van der Waals surface area (Å²) in [6.07, 6.45) is 0.662. The third kappa shape index (κ3) is 7.56. The van der Waals surface area contributed by atoms with Crippen LogP contribution in [0.1, 0.15) is 38.8 Å². The summed E-state index contributed by atoms with van der Waals surface area (Å²) < 4.78 is 11.8. The van der Waals surface area contributed by atoms with Crippen LogP contribution in [0.2, 0.25) is 0 Å². The van der Waals surface area contributed by atoms with Gasteiger partial charge in [-0.05, 0) is 94.3 Å². The molecule has 4 heteroatoms. The highest BCUT2D eigenvalue weighted by molar-refractivity contribution is 5.97. The van der Waals surface area contributed by atoms with Gasteiger partial charge >= 0.3 is 5.97 Å². The summed E-state index contributed by atoms with van der Waals surface area (Å²) in [4.78, 5) is 25.1. The Morgan fingerprint density at radius 3 is 1.33 bits per heavy atom. The first-order valence-corrected chi connectivity index (χ1v) is 16.9. The first-order chi connectivity index (χ1) is 24.9. The molecule has 0 saturated carbocycles. The van der Waals surface area contributed by atoms with E-state index in [9.17, 15) is 9.59 Å². The Kier molecular flexibility index (Phi) is 9.66. The number of carbonyl (C=O) groups excluding carboxylic acids is 2. The molecular formula is C47H36O4. The number of methoxy groups -OCH3 is 1. The van der Waals surface area contributed by atoms with Crippen molar-refractivity contribution in [2.45, 2.75) is 13.3 Å². The molecule has 0 atom stereocenters. The van der Waals surface area contributed by atoms with Crippen molar-refractivity contribution >= 4 is 11.8 Å². The SMILES string of the molecule is COc1ccc(Cc2ccc(OC(=O)c3ccc(C(C)=O)cc3)c(-c3ccc(-c4ccccc4)cc3)c2)cc1-c1ccc(-c2ccccc2)cc1. The molecule has 0 amide bonds. The number of hydrogen-bond acceptors (Lipinski definition) is 4. The molecule has 7 aromatic rings. The van der Waals surface area contributed by atoms with Crippen molar-refractivity contribution in [1.29, 1.82) is 0 Å². The molecule has 248 valence electrons. The molecule has 4 nitrogen and oxygen atoms in total. The summed E-state index contributed by atoms with van der Waals surface area (Å²) in [5.74, 6) is 0.722. The predicted molar refractivity (Wildman–Crippen MR) is 205 cm³/mol. The molecule has 0 aromatic heterocycles. The Labute approximate surface area is 298 Å². The van der Waals surface area contributed by atoms with Crippen LogP contribution in [-0.4, -0.2) is 18.9 Å². The van der Waals surface area contributed by atoms with Crippen LogP contribution in [0.15, 0.2) is 170 Å². The van der Waals surface area contributed by atoms with E-state index in [2.05, 4.69) is 91.0 Å². The molecule has 7 rings (SSSR count). The second-order valence-corrected chi connectivity index (χ2v) is 12.5. The fourth-order valence-corrected chi connectivity index (χ4v) is 6.27. The Balaban J connectivity index is 1.20. The average Bonchev–Trinajstić information content (AvgIpc) is 3.19. The first kappa shape index (κ1) is 33.0. The van der Waals surface area contributed by atoms with Gasteiger partial charge in [0.15, 0.2) is 5.78 Å². The van der Waals surface area contributed by atoms with E-state index in [1.54, 1.807) is 31.4 Å². The van der Waals surface area contributed by atoms with Crippen LogP contribution in [0.25, 0.3) is 44.5 Å². The lowest BCUT2D eigenvalue weighted by molar-refractivity contribution is 0.0735. The number of Topliss-reactive ketones (excluding diaryl/α,β-unsaturated/α-hetero) is 1. The highest BCUT2D eigenvalue weighted by Gasteiger charge is 2.16. The van der Waals surface area contributed by atoms with Crippen molar-refractivity contribution in [3.63, 3.8) is 0 Å². The van der Waals surface area contributed by atoms with E-state index in [4.69, 9.17) is 9.47 Å². The number of benzene rings is 7. The summed E-state index contributed by atoms with van der Waals surface area (Å²) in [6, 6.07) is 56.2. The number of ether oxygens (including phenoxy) is 2. The van der Waals surface area contributed by atoms with Crippen molar-refractivity contribution in [3.8, 4) is 56.0 Å². The standard InChI is InChI=1S/C47H36O4/c1-32(48)35-15-25-42(26-16-35)47(49)51-46-28-14-34(31-44(46)41-23-19-39(20-24-41)37-11-7-4-8-12-37)29-33-13-27-45(50-2)43(30-33)40-21-17-38(18-22-40)36-9-5-3-6-10-36/h3-28,30-31H,29H2,1-2H3. The highest BCUT2D eigenvalue weighted by Crippen LogP contribution is 2.36. The van der Waals surface area contributed by atoms with Gasteiger partial charge in [-0.1, -0.05) is 133 Å². The van der Waals surface area contributed by atoms with Gasteiger partial charge in [0.05, 0.1) is 12.7 Å². The molecule has 0 aliphatic heterocycles. The zero-order valence-electron chi connectivity index (χ0n) is 28.5. The molecule has 7 aromatic carbocycles. The van der Waals surface area contributed by atoms with E-state index in [0.717, 1.165) is 55.8 Å². The minimum absolute atomic E-state index is 0.0586. The van der Waals surface area contributed by atoms with Crippen LogP contribution in [0.4, 0.5) is 0 Å². The van der Waals surface area contributed by atoms with Gasteiger partial charge in [-0.15, -0.1) is 0 Å². The molecule has 0 radical (unpaired) electrons. The molecule has 0 saturated heterocycles. The van der Waals surface area contributed by atoms with Crippen molar-refractivity contribution in [3.05, 3.63) is 192 Å². The lowest BCUT2D eigenvalue weighted by Gasteiger charge is -2.15. The molecule has 0 N–H and O–H groups in total. The van der Waals surface area contributed by atoms with Crippen molar-refractivity contribution in [2.24, 2.45) is 0 Å². The van der Waals surface area contributed by atoms with Crippen LogP contribution < -0.4 is 9.47 Å². The highest BCUT2D eigenvalue weighted by atomic mass is 16.5. The summed E-state index contributed by atoms with van der Waals surface area (Å²) in [6.45, 7) is 1.50. The monoisotopic (exact) mass is 664 g/mol. The third-order valence-corrected chi connectivity index (χ3v) is 9.05. The van der Waals surface area contributed by atoms with Crippen molar-refractivity contribution in [2.75, 3.05) is 7.11 Å². The smallest absolute Gasteiger partial charge is 0.343 e. The summed E-state index contributed by atoms with van der Waals surface area (Å²) in [5, 5.41) is 0. The number of carbonyl (C=O) groups is 2. The minimum atomic E-state index is -0.488. The molecule has 0 fully saturated rings. The summed E-state index contributed by atoms with van der Waals surface area (Å²) in [5.41, 5.74) is 11.5. The van der Waals surface area contributed by atoms with Crippen LogP contribution in [-0.2, 0) is 6.42 Å². The van der Waals surface area contributed by atoms with Gasteiger partial charge in [0, 0.05) is 16.7 Å². The molecule has 0 heterocycles. The fourth-order valence-electron chi connectivity index (χ4n) is 6.27. The van der Waals surface area contributed by atoms with Gasteiger partial charge in [-0.25, -0.2) is 4.79 Å². The topological polar surface area (TPSA) is 52.6 Å². The van der Waals surface area contributed by atoms with Crippen LogP contribution in [0.3, 0.4) is 0 Å². The van der Waals surface area contributed by atoms with E-state index in [-0.39, 0.29) is 5.78 Å². The van der Waals surface area contributed by atoms with Crippen molar-refractivity contribution < 1.29 is 19.1 Å². The lowest BCUT2D eigenvalue weighted by Crippen LogP contribution is -2.10. The number of ketones is 1. The third-order valence-electron chi connectivity index (χ3n) is 9.05. The Morgan fingerprint density at radius 1 is 0.451 bits per heavy atom. The quantitative estimate of drug-likeness (QED) is 0.0829. The van der Waals surface area contributed by atoms with Gasteiger partial charge in [0.2, 0.25) is 0 Å². The molecule has 0 aliphatic rings. The molecule has 0 aliphatic carbocycles. The maximum absolute atomic E-state index is 13.3. The molecule has 51 heavy (non-hydrogen) atoms. The second kappa shape index (κ2) is 14.9. The zero-order chi connectivity index (χ0) is 35.2. The maximum Gasteiger partial charge on any atom is 0.343 e. The average molecular weight is 665 g/mol. The van der Waals surface area contributed by atoms with Crippen LogP contribution >= 0.6 is 0 Å². The van der Waals surface area contributed by atoms with E-state index in [1.165, 1.54) is 12.5 Å². The minimum Gasteiger partial charge on any atom is -0.496 e. The van der Waals surface area contributed by atoms with E-state index in [0.29, 0.717) is 23.3 Å². The molecule has 0 spiro atoms. The van der Waals surface area contributed by atoms with Gasteiger partial charge in [0.1, 0.15) is 11.5 Å². The van der Waals surface area contributed by atoms with Gasteiger partial charge in [-0.2, -0.15) is 0 Å². The van der Waals surface area contributed by atoms with E-state index < -0.39 is 5.97 Å². The van der Waals surface area contributed by atoms with Crippen molar-refractivity contribution in [1.82, 2.24) is 0 Å².